The Morgan fingerprint density at radius 1 is 1.60 bits per heavy atom. The van der Waals surface area contributed by atoms with Crippen LogP contribution in [-0.4, -0.2) is 30.6 Å². The molecule has 54 valence electrons. The lowest BCUT2D eigenvalue weighted by Crippen LogP contribution is -2.39. The van der Waals surface area contributed by atoms with Crippen LogP contribution in [0.2, 0.25) is 0 Å². The van der Waals surface area contributed by atoms with Crippen molar-refractivity contribution in [1.29, 1.82) is 0 Å². The summed E-state index contributed by atoms with van der Waals surface area (Å²) in [7, 11) is 0. The van der Waals surface area contributed by atoms with E-state index in [1.807, 2.05) is 6.08 Å². The van der Waals surface area contributed by atoms with Crippen molar-refractivity contribution in [3.8, 4) is 0 Å². The molecule has 3 heteroatoms. The van der Waals surface area contributed by atoms with Gasteiger partial charge in [-0.15, -0.1) is 0 Å². The molecule has 0 N–H and O–H groups in total. The third-order valence-corrected chi connectivity index (χ3v) is 1.69. The summed E-state index contributed by atoms with van der Waals surface area (Å²) in [4.78, 5) is 6.23. The van der Waals surface area contributed by atoms with Gasteiger partial charge in [0.05, 0.1) is 6.61 Å². The third-order valence-electron chi connectivity index (χ3n) is 1.69. The fourth-order valence-electron chi connectivity index (χ4n) is 1.18. The molecule has 2 rings (SSSR count). The highest BCUT2D eigenvalue weighted by Crippen LogP contribution is 2.07. The molecule has 0 aromatic rings. The first-order chi connectivity index (χ1) is 4.97. The Bertz CT molecular complexity index is 186. The van der Waals surface area contributed by atoms with Crippen LogP contribution in [0.4, 0.5) is 0 Å². The van der Waals surface area contributed by atoms with Crippen LogP contribution in [0.5, 0.6) is 0 Å². The van der Waals surface area contributed by atoms with Gasteiger partial charge in [-0.1, -0.05) is 0 Å². The highest BCUT2D eigenvalue weighted by Gasteiger charge is 2.17. The lowest BCUT2D eigenvalue weighted by molar-refractivity contribution is 0.180. The predicted octanol–water partition coefficient (Wildman–Crippen LogP) is 0.592. The van der Waals surface area contributed by atoms with Crippen LogP contribution in [0, 0.1) is 0 Å². The molecule has 1 fully saturated rings. The van der Waals surface area contributed by atoms with Gasteiger partial charge in [0, 0.05) is 19.3 Å². The number of ether oxygens (including phenoxy) is 1. The van der Waals surface area contributed by atoms with Crippen LogP contribution in [0.3, 0.4) is 0 Å². The minimum Gasteiger partial charge on any atom is -0.465 e. The van der Waals surface area contributed by atoms with Crippen molar-refractivity contribution in [2.75, 3.05) is 19.7 Å². The average Bonchev–Trinajstić information content (AvgIpc) is 2.05. The van der Waals surface area contributed by atoms with Crippen LogP contribution in [0.15, 0.2) is 17.3 Å². The molecule has 0 spiro atoms. The van der Waals surface area contributed by atoms with Gasteiger partial charge < -0.3 is 9.64 Å². The molecule has 0 bridgehead atoms. The van der Waals surface area contributed by atoms with Crippen molar-refractivity contribution in [1.82, 2.24) is 4.90 Å². The molecule has 0 saturated carbocycles. The second kappa shape index (κ2) is 2.33. The highest BCUT2D eigenvalue weighted by molar-refractivity contribution is 5.76. The van der Waals surface area contributed by atoms with E-state index < -0.39 is 0 Å². The lowest BCUT2D eigenvalue weighted by atomic mass is 10.3. The van der Waals surface area contributed by atoms with Gasteiger partial charge in [-0.3, -0.25) is 0 Å². The summed E-state index contributed by atoms with van der Waals surface area (Å²) in [5, 5.41) is 0. The van der Waals surface area contributed by atoms with E-state index in [9.17, 15) is 0 Å². The van der Waals surface area contributed by atoms with Crippen molar-refractivity contribution in [3.05, 3.63) is 12.3 Å². The summed E-state index contributed by atoms with van der Waals surface area (Å²) in [6.07, 6.45) is 4.96. The van der Waals surface area contributed by atoms with E-state index in [-0.39, 0.29) is 0 Å². The Labute approximate surface area is 60.0 Å². The number of hydrogen-bond acceptors (Lipinski definition) is 3. The van der Waals surface area contributed by atoms with Crippen molar-refractivity contribution < 1.29 is 4.74 Å². The average molecular weight is 138 g/mol. The number of rotatable bonds is 0. The number of hydrogen-bond donors (Lipinski definition) is 0. The van der Waals surface area contributed by atoms with Crippen molar-refractivity contribution in [3.63, 3.8) is 0 Å². The zero-order chi connectivity index (χ0) is 6.81. The van der Waals surface area contributed by atoms with E-state index in [4.69, 9.17) is 4.74 Å². The zero-order valence-corrected chi connectivity index (χ0v) is 5.79. The van der Waals surface area contributed by atoms with Gasteiger partial charge in [-0.25, -0.2) is 4.99 Å². The number of amidine groups is 1. The maximum atomic E-state index is 5.31. The standard InChI is InChI=1S/C7H10N2O/c1-3-8-7-9(4-1)5-2-6-10-7/h1,3H,2,4-6H2. The van der Waals surface area contributed by atoms with E-state index in [0.29, 0.717) is 0 Å². The molecule has 0 aromatic carbocycles. The lowest BCUT2D eigenvalue weighted by Gasteiger charge is -2.29. The highest BCUT2D eigenvalue weighted by atomic mass is 16.5. The van der Waals surface area contributed by atoms with Gasteiger partial charge in [-0.2, -0.15) is 0 Å². The molecule has 0 aliphatic carbocycles. The Balaban J connectivity index is 2.14. The van der Waals surface area contributed by atoms with E-state index in [1.165, 1.54) is 0 Å². The topological polar surface area (TPSA) is 24.8 Å². The van der Waals surface area contributed by atoms with Crippen LogP contribution >= 0.6 is 0 Å². The van der Waals surface area contributed by atoms with Gasteiger partial charge in [0.15, 0.2) is 0 Å². The van der Waals surface area contributed by atoms with E-state index in [1.54, 1.807) is 6.20 Å². The quantitative estimate of drug-likeness (QED) is 0.489. The van der Waals surface area contributed by atoms with E-state index in [0.717, 1.165) is 32.1 Å². The molecule has 0 aromatic heterocycles. The minimum absolute atomic E-state index is 0.800. The number of fused-ring (bicyclic) bond motifs is 1. The van der Waals surface area contributed by atoms with Crippen molar-refractivity contribution >= 4 is 6.02 Å². The molecule has 0 atom stereocenters. The molecular weight excluding hydrogens is 128 g/mol. The fourth-order valence-corrected chi connectivity index (χ4v) is 1.18. The van der Waals surface area contributed by atoms with E-state index in [2.05, 4.69) is 9.89 Å². The molecule has 1 saturated heterocycles. The number of nitrogens with zero attached hydrogens (tertiary/aromatic N) is 2. The Hall–Kier alpha value is -0.990. The van der Waals surface area contributed by atoms with Gasteiger partial charge >= 0.3 is 0 Å². The van der Waals surface area contributed by atoms with Crippen LogP contribution in [0.25, 0.3) is 0 Å². The van der Waals surface area contributed by atoms with E-state index >= 15 is 0 Å². The first-order valence-electron chi connectivity index (χ1n) is 3.57. The van der Waals surface area contributed by atoms with Gasteiger partial charge in [0.1, 0.15) is 0 Å². The summed E-state index contributed by atoms with van der Waals surface area (Å²) in [6.45, 7) is 2.87. The predicted molar refractivity (Wildman–Crippen MR) is 38.7 cm³/mol. The van der Waals surface area contributed by atoms with Crippen molar-refractivity contribution in [2.45, 2.75) is 6.42 Å². The summed E-state index contributed by atoms with van der Waals surface area (Å²) >= 11 is 0. The third kappa shape index (κ3) is 0.875. The van der Waals surface area contributed by atoms with Crippen LogP contribution in [0.1, 0.15) is 6.42 Å². The minimum atomic E-state index is 0.800. The molecule has 0 radical (unpaired) electrons. The summed E-state index contributed by atoms with van der Waals surface area (Å²) < 4.78 is 5.31. The van der Waals surface area contributed by atoms with Crippen LogP contribution < -0.4 is 0 Å². The second-order valence-corrected chi connectivity index (χ2v) is 2.44. The summed E-state index contributed by atoms with van der Waals surface area (Å²) in [5.41, 5.74) is 0. The summed E-state index contributed by atoms with van der Waals surface area (Å²) in [6, 6.07) is 0.800. The first kappa shape index (κ1) is 5.77. The van der Waals surface area contributed by atoms with Gasteiger partial charge in [0.25, 0.3) is 6.02 Å². The first-order valence-corrected chi connectivity index (χ1v) is 3.57. The monoisotopic (exact) mass is 138 g/mol. The zero-order valence-electron chi connectivity index (χ0n) is 5.79. The Morgan fingerprint density at radius 2 is 2.60 bits per heavy atom. The molecule has 0 amide bonds. The maximum absolute atomic E-state index is 5.31. The molecule has 2 heterocycles. The maximum Gasteiger partial charge on any atom is 0.292 e. The van der Waals surface area contributed by atoms with Gasteiger partial charge in [-0.05, 0) is 12.5 Å². The molecule has 3 nitrogen and oxygen atoms in total. The Morgan fingerprint density at radius 3 is 3.50 bits per heavy atom. The second-order valence-electron chi connectivity index (χ2n) is 2.44. The molecular formula is C7H10N2O. The fraction of sp³-hybridized carbons (Fsp3) is 0.571. The molecule has 10 heavy (non-hydrogen) atoms. The van der Waals surface area contributed by atoms with Crippen molar-refractivity contribution in [2.24, 2.45) is 4.99 Å². The molecule has 2 aliphatic heterocycles. The smallest absolute Gasteiger partial charge is 0.292 e. The Kier molecular flexibility index (Phi) is 1.34. The normalized spacial score (nSPS) is 23.2. The largest absolute Gasteiger partial charge is 0.465 e. The SMILES string of the molecule is C1=CN=C2OCCCN2C1. The molecule has 2 aliphatic rings. The van der Waals surface area contributed by atoms with Gasteiger partial charge in [0.2, 0.25) is 0 Å². The van der Waals surface area contributed by atoms with Crippen LogP contribution in [-0.2, 0) is 4.74 Å². The number of aliphatic imine (C=N–C) groups is 1. The molecule has 0 unspecified atom stereocenters. The summed E-state index contributed by atoms with van der Waals surface area (Å²) in [5.74, 6) is 0.